The van der Waals surface area contributed by atoms with Gasteiger partial charge in [0.1, 0.15) is 0 Å². The van der Waals surface area contributed by atoms with Crippen LogP contribution in [-0.2, 0) is 4.79 Å². The summed E-state index contributed by atoms with van der Waals surface area (Å²) in [5.41, 5.74) is 3.15. The van der Waals surface area contributed by atoms with E-state index in [2.05, 4.69) is 10.9 Å². The fourth-order valence-corrected chi connectivity index (χ4v) is 2.03. The maximum atomic E-state index is 12.0. The maximum absolute atomic E-state index is 12.0. The Balaban J connectivity index is 2.72. The number of nitrogens with zero attached hydrogens (tertiary/aromatic N) is 2. The average Bonchev–Trinajstić information content (AvgIpc) is 2.59. The highest BCUT2D eigenvalue weighted by atomic mass is 16.6. The van der Waals surface area contributed by atoms with Crippen LogP contribution in [0.1, 0.15) is 41.0 Å². The predicted octanol–water partition coefficient (Wildman–Crippen LogP) is 0.786. The van der Waals surface area contributed by atoms with Crippen molar-refractivity contribution in [2.75, 3.05) is 19.6 Å². The van der Waals surface area contributed by atoms with Crippen molar-refractivity contribution >= 4 is 23.5 Å². The number of aromatic carboxylic acids is 1. The smallest absolute Gasteiger partial charge is 0.335 e. The minimum Gasteiger partial charge on any atom is -0.478 e. The second kappa shape index (κ2) is 9.33. The van der Waals surface area contributed by atoms with E-state index >= 15 is 0 Å². The van der Waals surface area contributed by atoms with Gasteiger partial charge in [-0.1, -0.05) is 13.8 Å². The van der Waals surface area contributed by atoms with Gasteiger partial charge in [-0.05, 0) is 19.2 Å². The standard InChI is InChI=1S/C15H20N4O6/c1-3-18(4-2)6-5-13(20)16-17-14(21)10-7-11(15(22)23)9-12(8-10)19(24)25/h7-9H,3-6H2,1-2H3,(H,16,20)(H,17,21)(H,22,23). The molecule has 1 rings (SSSR count). The Hall–Kier alpha value is -3.01. The molecule has 0 aliphatic carbocycles. The number of nitro benzene ring substituents is 1. The second-order valence-corrected chi connectivity index (χ2v) is 5.11. The largest absolute Gasteiger partial charge is 0.478 e. The van der Waals surface area contributed by atoms with Gasteiger partial charge in [-0.25, -0.2) is 4.79 Å². The van der Waals surface area contributed by atoms with Crippen molar-refractivity contribution in [3.63, 3.8) is 0 Å². The summed E-state index contributed by atoms with van der Waals surface area (Å²) >= 11 is 0. The molecule has 0 aliphatic heterocycles. The number of rotatable bonds is 8. The van der Waals surface area contributed by atoms with E-state index in [0.717, 1.165) is 31.3 Å². The van der Waals surface area contributed by atoms with Gasteiger partial charge in [0.15, 0.2) is 0 Å². The molecule has 0 atom stereocenters. The lowest BCUT2D eigenvalue weighted by Crippen LogP contribution is -2.42. The summed E-state index contributed by atoms with van der Waals surface area (Å²) in [6.07, 6.45) is 0.164. The molecule has 1 aromatic carbocycles. The molecule has 0 spiro atoms. The molecule has 0 saturated carbocycles. The van der Waals surface area contributed by atoms with Crippen LogP contribution in [0.5, 0.6) is 0 Å². The SMILES string of the molecule is CCN(CC)CCC(=O)NNC(=O)c1cc(C(=O)O)cc([N+](=O)[O-])c1. The third kappa shape index (κ3) is 6.18. The van der Waals surface area contributed by atoms with Gasteiger partial charge in [0.2, 0.25) is 5.91 Å². The van der Waals surface area contributed by atoms with Crippen LogP contribution in [0.3, 0.4) is 0 Å². The molecule has 0 aliphatic rings. The quantitative estimate of drug-likeness (QED) is 0.463. The normalized spacial score (nSPS) is 10.4. The number of hydrazine groups is 1. The van der Waals surface area contributed by atoms with Crippen LogP contribution in [0.4, 0.5) is 5.69 Å². The van der Waals surface area contributed by atoms with Gasteiger partial charge in [0, 0.05) is 30.7 Å². The van der Waals surface area contributed by atoms with E-state index in [1.54, 1.807) is 0 Å². The van der Waals surface area contributed by atoms with Crippen LogP contribution in [0.2, 0.25) is 0 Å². The summed E-state index contributed by atoms with van der Waals surface area (Å²) in [6.45, 7) is 6.04. The van der Waals surface area contributed by atoms with Crippen molar-refractivity contribution in [2.45, 2.75) is 20.3 Å². The lowest BCUT2D eigenvalue weighted by atomic mass is 10.1. The van der Waals surface area contributed by atoms with Crippen LogP contribution in [0.25, 0.3) is 0 Å². The Morgan fingerprint density at radius 2 is 1.72 bits per heavy atom. The number of carbonyl (C=O) groups excluding carboxylic acids is 2. The molecule has 2 amide bonds. The first-order valence-electron chi connectivity index (χ1n) is 7.62. The Morgan fingerprint density at radius 1 is 1.12 bits per heavy atom. The molecule has 136 valence electrons. The van der Waals surface area contributed by atoms with Crippen LogP contribution in [0.15, 0.2) is 18.2 Å². The van der Waals surface area contributed by atoms with Gasteiger partial charge >= 0.3 is 5.97 Å². The molecule has 10 nitrogen and oxygen atoms in total. The molecule has 10 heteroatoms. The number of carboxylic acid groups (broad SMARTS) is 1. The third-order valence-corrected chi connectivity index (χ3v) is 3.50. The van der Waals surface area contributed by atoms with Crippen LogP contribution in [-0.4, -0.2) is 52.3 Å². The summed E-state index contributed by atoms with van der Waals surface area (Å²) in [7, 11) is 0. The number of carboxylic acids is 1. The number of nitrogens with one attached hydrogen (secondary N) is 2. The Labute approximate surface area is 143 Å². The molecular weight excluding hydrogens is 332 g/mol. The van der Waals surface area contributed by atoms with Crippen molar-refractivity contribution in [3.05, 3.63) is 39.4 Å². The van der Waals surface area contributed by atoms with Crippen molar-refractivity contribution in [1.82, 2.24) is 15.8 Å². The van der Waals surface area contributed by atoms with E-state index in [4.69, 9.17) is 5.11 Å². The number of benzene rings is 1. The van der Waals surface area contributed by atoms with Crippen molar-refractivity contribution in [3.8, 4) is 0 Å². The fraction of sp³-hybridized carbons (Fsp3) is 0.400. The van der Waals surface area contributed by atoms with Crippen LogP contribution >= 0.6 is 0 Å². The average molecular weight is 352 g/mol. The lowest BCUT2D eigenvalue weighted by Gasteiger charge is -2.17. The molecule has 0 saturated heterocycles. The van der Waals surface area contributed by atoms with Gasteiger partial charge < -0.3 is 10.0 Å². The second-order valence-electron chi connectivity index (χ2n) is 5.11. The van der Waals surface area contributed by atoms with Crippen molar-refractivity contribution < 1.29 is 24.4 Å². The summed E-state index contributed by atoms with van der Waals surface area (Å²) in [5, 5.41) is 19.8. The Bertz CT molecular complexity index is 640. The highest BCUT2D eigenvalue weighted by molar-refractivity contribution is 5.99. The summed E-state index contributed by atoms with van der Waals surface area (Å²) in [5.74, 6) is -2.67. The molecule has 0 aromatic heterocycles. The number of nitro groups is 1. The molecular formula is C15H20N4O6. The molecule has 0 bridgehead atoms. The van der Waals surface area contributed by atoms with E-state index in [1.807, 2.05) is 18.7 Å². The summed E-state index contributed by atoms with van der Waals surface area (Å²) in [4.78, 5) is 46.8. The van der Waals surface area contributed by atoms with E-state index in [0.29, 0.717) is 6.54 Å². The van der Waals surface area contributed by atoms with Gasteiger partial charge in [0.25, 0.3) is 11.6 Å². The maximum Gasteiger partial charge on any atom is 0.335 e. The summed E-state index contributed by atoms with van der Waals surface area (Å²) in [6, 6.07) is 2.78. The molecule has 0 fully saturated rings. The highest BCUT2D eigenvalue weighted by Gasteiger charge is 2.18. The number of hydrogen-bond acceptors (Lipinski definition) is 6. The zero-order valence-electron chi connectivity index (χ0n) is 13.9. The zero-order chi connectivity index (χ0) is 19.0. The lowest BCUT2D eigenvalue weighted by molar-refractivity contribution is -0.384. The van der Waals surface area contributed by atoms with Crippen LogP contribution < -0.4 is 10.9 Å². The monoisotopic (exact) mass is 352 g/mol. The Kier molecular flexibility index (Phi) is 7.47. The summed E-state index contributed by atoms with van der Waals surface area (Å²) < 4.78 is 0. The van der Waals surface area contributed by atoms with Gasteiger partial charge in [0.05, 0.1) is 10.5 Å². The van der Waals surface area contributed by atoms with Gasteiger partial charge in [-0.2, -0.15) is 0 Å². The molecule has 1 aromatic rings. The first-order valence-corrected chi connectivity index (χ1v) is 7.62. The number of non-ortho nitro benzene ring substituents is 1. The molecule has 0 heterocycles. The first kappa shape index (κ1) is 20.0. The molecule has 25 heavy (non-hydrogen) atoms. The molecule has 3 N–H and O–H groups in total. The third-order valence-electron chi connectivity index (χ3n) is 3.50. The number of carbonyl (C=O) groups is 3. The number of hydrogen-bond donors (Lipinski definition) is 3. The van der Waals surface area contributed by atoms with E-state index in [1.165, 1.54) is 0 Å². The predicted molar refractivity (Wildman–Crippen MR) is 88.1 cm³/mol. The van der Waals surface area contributed by atoms with E-state index in [9.17, 15) is 24.5 Å². The highest BCUT2D eigenvalue weighted by Crippen LogP contribution is 2.17. The molecule has 0 unspecified atom stereocenters. The zero-order valence-corrected chi connectivity index (χ0v) is 13.9. The van der Waals surface area contributed by atoms with Gasteiger partial charge in [-0.15, -0.1) is 0 Å². The molecule has 0 radical (unpaired) electrons. The van der Waals surface area contributed by atoms with Crippen molar-refractivity contribution in [1.29, 1.82) is 0 Å². The Morgan fingerprint density at radius 3 is 2.24 bits per heavy atom. The first-order chi connectivity index (χ1) is 11.8. The van der Waals surface area contributed by atoms with Crippen LogP contribution in [0, 0.1) is 10.1 Å². The van der Waals surface area contributed by atoms with E-state index in [-0.39, 0.29) is 12.0 Å². The van der Waals surface area contributed by atoms with Crippen molar-refractivity contribution in [2.24, 2.45) is 0 Å². The number of amides is 2. The topological polar surface area (TPSA) is 142 Å². The minimum atomic E-state index is -1.40. The fourth-order valence-electron chi connectivity index (χ4n) is 2.03. The van der Waals surface area contributed by atoms with Gasteiger partial charge in [-0.3, -0.25) is 30.6 Å². The minimum absolute atomic E-state index is 0.164. The van der Waals surface area contributed by atoms with E-state index < -0.39 is 34.0 Å².